The van der Waals surface area contributed by atoms with Gasteiger partial charge in [-0.3, -0.25) is 4.79 Å². The lowest BCUT2D eigenvalue weighted by Gasteiger charge is -2.36. The summed E-state index contributed by atoms with van der Waals surface area (Å²) >= 11 is 0. The van der Waals surface area contributed by atoms with E-state index in [1.54, 1.807) is 0 Å². The van der Waals surface area contributed by atoms with E-state index >= 15 is 0 Å². The molecule has 1 aliphatic heterocycles. The summed E-state index contributed by atoms with van der Waals surface area (Å²) in [5.74, 6) is -7.29. The van der Waals surface area contributed by atoms with E-state index in [4.69, 9.17) is 4.74 Å². The van der Waals surface area contributed by atoms with Gasteiger partial charge < -0.3 is 35.4 Å². The van der Waals surface area contributed by atoms with Gasteiger partial charge in [-0.25, -0.2) is 0 Å². The Kier molecular flexibility index (Phi) is 3.10. The summed E-state index contributed by atoms with van der Waals surface area (Å²) in [6.45, 7) is 0. The molecule has 0 saturated heterocycles. The largest absolute Gasteiger partial charge is 0.508 e. The molecule has 0 spiro atoms. The second-order valence-electron chi connectivity index (χ2n) is 5.11. The van der Waals surface area contributed by atoms with Crippen molar-refractivity contribution >= 4 is 5.78 Å². The predicted octanol–water partition coefficient (Wildman–Crippen LogP) is 0.506. The number of hydrogen-bond acceptors (Lipinski definition) is 8. The molecule has 2 aromatic rings. The van der Waals surface area contributed by atoms with Crippen LogP contribution in [0.3, 0.4) is 0 Å². The van der Waals surface area contributed by atoms with Gasteiger partial charge in [-0.15, -0.1) is 0 Å². The van der Waals surface area contributed by atoms with Gasteiger partial charge in [0.05, 0.1) is 0 Å². The topological polar surface area (TPSA) is 148 Å². The molecule has 0 fully saturated rings. The van der Waals surface area contributed by atoms with Crippen molar-refractivity contribution in [3.63, 3.8) is 0 Å². The number of carbonyl (C=O) groups excluding carboxylic acids is 1. The van der Waals surface area contributed by atoms with E-state index in [2.05, 4.69) is 0 Å². The highest BCUT2D eigenvalue weighted by atomic mass is 16.6. The molecular formula is C15H12O8. The summed E-state index contributed by atoms with van der Waals surface area (Å²) < 4.78 is 5.26. The van der Waals surface area contributed by atoms with Gasteiger partial charge >= 0.3 is 0 Å². The molecule has 1 unspecified atom stereocenters. The van der Waals surface area contributed by atoms with Gasteiger partial charge in [0.25, 0.3) is 5.79 Å². The van der Waals surface area contributed by atoms with Crippen molar-refractivity contribution < 1.29 is 40.2 Å². The minimum absolute atomic E-state index is 0.0871. The Balaban J connectivity index is 2.19. The highest BCUT2D eigenvalue weighted by Gasteiger charge is 2.52. The number of ketones is 1. The van der Waals surface area contributed by atoms with Crippen LogP contribution in [-0.4, -0.2) is 42.2 Å². The minimum Gasteiger partial charge on any atom is -0.508 e. The van der Waals surface area contributed by atoms with Crippen LogP contribution in [0.2, 0.25) is 0 Å². The first-order chi connectivity index (χ1) is 10.7. The number of benzene rings is 2. The fourth-order valence-electron chi connectivity index (χ4n) is 2.41. The summed E-state index contributed by atoms with van der Waals surface area (Å²) in [4.78, 5) is 12.3. The monoisotopic (exact) mass is 320 g/mol. The van der Waals surface area contributed by atoms with E-state index in [1.807, 2.05) is 0 Å². The lowest BCUT2D eigenvalue weighted by molar-refractivity contribution is -0.186. The van der Waals surface area contributed by atoms with Gasteiger partial charge in [-0.1, -0.05) is 12.1 Å². The zero-order valence-electron chi connectivity index (χ0n) is 11.5. The summed E-state index contributed by atoms with van der Waals surface area (Å²) in [6, 6.07) is 5.76. The summed E-state index contributed by atoms with van der Waals surface area (Å²) in [6.07, 6.45) is -1.64. The number of rotatable bonds is 1. The van der Waals surface area contributed by atoms with Crippen molar-refractivity contribution in [2.75, 3.05) is 0 Å². The van der Waals surface area contributed by atoms with Gasteiger partial charge in [0.1, 0.15) is 17.1 Å². The lowest BCUT2D eigenvalue weighted by atomic mass is 9.89. The van der Waals surface area contributed by atoms with Crippen molar-refractivity contribution in [3.8, 4) is 28.7 Å². The number of phenols is 4. The first-order valence-corrected chi connectivity index (χ1v) is 6.46. The maximum atomic E-state index is 12.3. The smallest absolute Gasteiger partial charge is 0.271 e. The van der Waals surface area contributed by atoms with E-state index in [0.29, 0.717) is 6.07 Å². The van der Waals surface area contributed by atoms with Crippen molar-refractivity contribution in [3.05, 3.63) is 41.5 Å². The van der Waals surface area contributed by atoms with Crippen LogP contribution in [0, 0.1) is 0 Å². The van der Waals surface area contributed by atoms with Crippen LogP contribution in [0.25, 0.3) is 0 Å². The van der Waals surface area contributed by atoms with Crippen LogP contribution in [0.4, 0.5) is 0 Å². The molecule has 23 heavy (non-hydrogen) atoms. The molecule has 0 bridgehead atoms. The first kappa shape index (κ1) is 14.9. The molecule has 0 amide bonds. The van der Waals surface area contributed by atoms with Gasteiger partial charge in [0.2, 0.25) is 11.5 Å². The third-order valence-corrected chi connectivity index (χ3v) is 3.57. The molecule has 8 nitrogen and oxygen atoms in total. The van der Waals surface area contributed by atoms with Crippen LogP contribution < -0.4 is 4.74 Å². The highest BCUT2D eigenvalue weighted by molar-refractivity contribution is 6.08. The fourth-order valence-corrected chi connectivity index (χ4v) is 2.41. The number of carbonyl (C=O) groups is 1. The summed E-state index contributed by atoms with van der Waals surface area (Å²) in [5, 5.41) is 58.6. The van der Waals surface area contributed by atoms with E-state index < -0.39 is 46.2 Å². The standard InChI is InChI=1S/C15H12O8/c16-7-3-1-6(2-4-7)14-15(21,22)13(20)10-8(17)5-9(18)11(19)12(10)23-14/h1-5,14,16-19,21-22H. The van der Waals surface area contributed by atoms with Crippen LogP contribution >= 0.6 is 0 Å². The molecule has 8 heteroatoms. The molecule has 6 N–H and O–H groups in total. The number of aromatic hydroxyl groups is 4. The Hall–Kier alpha value is -2.97. The average molecular weight is 320 g/mol. The summed E-state index contributed by atoms with van der Waals surface area (Å²) in [7, 11) is 0. The Morgan fingerprint density at radius 2 is 1.57 bits per heavy atom. The molecule has 0 saturated carbocycles. The van der Waals surface area contributed by atoms with Crippen LogP contribution in [0.15, 0.2) is 30.3 Å². The third kappa shape index (κ3) is 2.12. The number of phenolic OH excluding ortho intramolecular Hbond substituents is 4. The molecule has 1 heterocycles. The van der Waals surface area contributed by atoms with Gasteiger partial charge in [-0.05, 0) is 17.7 Å². The third-order valence-electron chi connectivity index (χ3n) is 3.57. The Bertz CT molecular complexity index is 794. The molecule has 120 valence electrons. The van der Waals surface area contributed by atoms with Crippen molar-refractivity contribution in [2.45, 2.75) is 11.9 Å². The zero-order chi connectivity index (χ0) is 16.9. The zero-order valence-corrected chi connectivity index (χ0v) is 11.5. The number of hydrogen-bond donors (Lipinski definition) is 6. The molecule has 2 aromatic carbocycles. The van der Waals surface area contributed by atoms with Crippen molar-refractivity contribution in [1.82, 2.24) is 0 Å². The van der Waals surface area contributed by atoms with Crippen molar-refractivity contribution in [1.29, 1.82) is 0 Å². The maximum absolute atomic E-state index is 12.3. The molecular weight excluding hydrogens is 308 g/mol. The summed E-state index contributed by atoms with van der Waals surface area (Å²) in [5.41, 5.74) is -0.533. The highest BCUT2D eigenvalue weighted by Crippen LogP contribution is 2.51. The Labute approximate surface area is 129 Å². The van der Waals surface area contributed by atoms with Gasteiger partial charge in [0.15, 0.2) is 17.6 Å². The number of ether oxygens (including phenoxy) is 1. The second kappa shape index (κ2) is 4.77. The van der Waals surface area contributed by atoms with E-state index in [0.717, 1.165) is 0 Å². The molecule has 3 rings (SSSR count). The Morgan fingerprint density at radius 3 is 2.17 bits per heavy atom. The SMILES string of the molecule is O=C1c2c(O)cc(O)c(O)c2OC(c2ccc(O)cc2)C1(O)O. The minimum atomic E-state index is -3.02. The van der Waals surface area contributed by atoms with Crippen LogP contribution in [0.5, 0.6) is 28.7 Å². The normalized spacial score (nSPS) is 19.0. The fraction of sp³-hybridized carbons (Fsp3) is 0.133. The molecule has 0 aliphatic carbocycles. The van der Waals surface area contributed by atoms with E-state index in [9.17, 15) is 35.4 Å². The molecule has 1 aliphatic rings. The maximum Gasteiger partial charge on any atom is 0.271 e. The van der Waals surface area contributed by atoms with Crippen LogP contribution in [0.1, 0.15) is 22.0 Å². The second-order valence-corrected chi connectivity index (χ2v) is 5.11. The number of fused-ring (bicyclic) bond motifs is 1. The van der Waals surface area contributed by atoms with Crippen molar-refractivity contribution in [2.24, 2.45) is 0 Å². The quantitative estimate of drug-likeness (QED) is 0.253. The van der Waals surface area contributed by atoms with E-state index in [-0.39, 0.29) is 11.3 Å². The number of aliphatic hydroxyl groups is 2. The Morgan fingerprint density at radius 1 is 0.957 bits per heavy atom. The lowest BCUT2D eigenvalue weighted by Crippen LogP contribution is -2.49. The molecule has 0 radical (unpaired) electrons. The van der Waals surface area contributed by atoms with Gasteiger partial charge in [0, 0.05) is 6.07 Å². The number of Topliss-reactive ketones (excluding diaryl/α,β-unsaturated/α-hetero) is 1. The van der Waals surface area contributed by atoms with Crippen LogP contribution in [-0.2, 0) is 0 Å². The predicted molar refractivity (Wildman–Crippen MR) is 74.4 cm³/mol. The molecule has 0 aromatic heterocycles. The van der Waals surface area contributed by atoms with Gasteiger partial charge in [-0.2, -0.15) is 0 Å². The average Bonchev–Trinajstić information content (AvgIpc) is 2.48. The molecule has 1 atom stereocenters. The first-order valence-electron chi connectivity index (χ1n) is 6.46. The van der Waals surface area contributed by atoms with E-state index in [1.165, 1.54) is 24.3 Å².